The van der Waals surface area contributed by atoms with E-state index in [9.17, 15) is 14.4 Å². The lowest BCUT2D eigenvalue weighted by Crippen LogP contribution is -2.52. The van der Waals surface area contributed by atoms with E-state index < -0.39 is 0 Å². The fraction of sp³-hybridized carbons (Fsp3) is 0.423. The molecule has 2 amide bonds. The number of imide groups is 1. The second kappa shape index (κ2) is 10.3. The van der Waals surface area contributed by atoms with Gasteiger partial charge < -0.3 is 14.4 Å². The van der Waals surface area contributed by atoms with Crippen molar-refractivity contribution in [3.8, 4) is 11.5 Å². The average molecular weight is 466 g/mol. The van der Waals surface area contributed by atoms with Gasteiger partial charge in [-0.15, -0.1) is 0 Å². The fourth-order valence-corrected chi connectivity index (χ4v) is 4.66. The predicted octanol–water partition coefficient (Wildman–Crippen LogP) is 2.40. The van der Waals surface area contributed by atoms with Crippen LogP contribution in [0.1, 0.15) is 29.3 Å². The highest BCUT2D eigenvalue weighted by Gasteiger charge is 2.42. The number of benzene rings is 2. The van der Waals surface area contributed by atoms with Crippen LogP contribution in [0.15, 0.2) is 42.5 Å². The number of amides is 2. The zero-order chi connectivity index (χ0) is 24.2. The Morgan fingerprint density at radius 2 is 1.62 bits per heavy atom. The summed E-state index contributed by atoms with van der Waals surface area (Å²) in [7, 11) is 3.17. The van der Waals surface area contributed by atoms with E-state index in [1.54, 1.807) is 21.1 Å². The van der Waals surface area contributed by atoms with Gasteiger partial charge in [0.25, 0.3) is 0 Å². The number of carbonyl (C=O) groups excluding carboxylic acids is 3. The van der Waals surface area contributed by atoms with Gasteiger partial charge in [0.2, 0.25) is 11.8 Å². The molecule has 1 atom stereocenters. The fourth-order valence-electron chi connectivity index (χ4n) is 4.66. The van der Waals surface area contributed by atoms with Gasteiger partial charge in [-0.05, 0) is 55.3 Å². The molecule has 0 aliphatic carbocycles. The van der Waals surface area contributed by atoms with E-state index in [2.05, 4.69) is 9.80 Å². The minimum Gasteiger partial charge on any atom is -0.493 e. The van der Waals surface area contributed by atoms with Gasteiger partial charge in [0.15, 0.2) is 17.3 Å². The van der Waals surface area contributed by atoms with Crippen molar-refractivity contribution in [2.75, 3.05) is 51.8 Å². The van der Waals surface area contributed by atoms with Crippen LogP contribution in [0.4, 0.5) is 5.69 Å². The Labute approximate surface area is 200 Å². The standard InChI is InChI=1S/C26H31N3O5/c1-18(30)20-5-7-21(8-6-20)27-12-14-28(15-13-27)22-17-25(31)29(26(22)32)11-10-19-4-9-23(33-2)24(16-19)34-3/h4-9,16,22H,10-15,17H2,1-3H3/t22-/m0/s1. The molecule has 0 unspecified atom stereocenters. The van der Waals surface area contributed by atoms with Crippen LogP contribution in [0.5, 0.6) is 11.5 Å². The van der Waals surface area contributed by atoms with Crippen molar-refractivity contribution in [1.82, 2.24) is 9.80 Å². The van der Waals surface area contributed by atoms with E-state index in [0.717, 1.165) is 24.3 Å². The van der Waals surface area contributed by atoms with Crippen LogP contribution in [-0.4, -0.2) is 80.4 Å². The molecule has 0 aromatic heterocycles. The van der Waals surface area contributed by atoms with E-state index in [1.165, 1.54) is 4.90 Å². The monoisotopic (exact) mass is 465 g/mol. The number of rotatable bonds is 8. The van der Waals surface area contributed by atoms with Crippen molar-refractivity contribution in [3.05, 3.63) is 53.6 Å². The van der Waals surface area contributed by atoms with Gasteiger partial charge in [0.1, 0.15) is 0 Å². The summed E-state index contributed by atoms with van der Waals surface area (Å²) in [6, 6.07) is 12.9. The van der Waals surface area contributed by atoms with Gasteiger partial charge in [-0.25, -0.2) is 0 Å². The molecule has 2 aromatic rings. The van der Waals surface area contributed by atoms with Crippen molar-refractivity contribution in [3.63, 3.8) is 0 Å². The summed E-state index contributed by atoms with van der Waals surface area (Å²) in [4.78, 5) is 43.0. The first-order valence-electron chi connectivity index (χ1n) is 11.6. The molecule has 8 heteroatoms. The molecule has 0 radical (unpaired) electrons. The summed E-state index contributed by atoms with van der Waals surface area (Å²) in [5.74, 6) is 1.11. The number of likely N-dealkylation sites (tertiary alicyclic amines) is 1. The van der Waals surface area contributed by atoms with Crippen LogP contribution in [-0.2, 0) is 16.0 Å². The average Bonchev–Trinajstić information content (AvgIpc) is 3.15. The van der Waals surface area contributed by atoms with Gasteiger partial charge in [-0.2, -0.15) is 0 Å². The summed E-state index contributed by atoms with van der Waals surface area (Å²) >= 11 is 0. The van der Waals surface area contributed by atoms with Gasteiger partial charge in [-0.3, -0.25) is 24.2 Å². The predicted molar refractivity (Wildman–Crippen MR) is 129 cm³/mol. The normalized spacial score (nSPS) is 19.0. The Morgan fingerprint density at radius 3 is 2.24 bits per heavy atom. The molecule has 2 aliphatic heterocycles. The number of carbonyl (C=O) groups is 3. The summed E-state index contributed by atoms with van der Waals surface area (Å²) in [6.07, 6.45) is 0.798. The molecule has 4 rings (SSSR count). The number of ether oxygens (including phenoxy) is 2. The maximum Gasteiger partial charge on any atom is 0.247 e. The highest BCUT2D eigenvalue weighted by Crippen LogP contribution is 2.28. The smallest absolute Gasteiger partial charge is 0.247 e. The molecule has 8 nitrogen and oxygen atoms in total. The van der Waals surface area contributed by atoms with Crippen LogP contribution < -0.4 is 14.4 Å². The largest absolute Gasteiger partial charge is 0.493 e. The Balaban J connectivity index is 1.33. The van der Waals surface area contributed by atoms with Crippen LogP contribution >= 0.6 is 0 Å². The molecule has 0 N–H and O–H groups in total. The molecular weight excluding hydrogens is 434 g/mol. The van der Waals surface area contributed by atoms with Crippen molar-refractivity contribution in [2.45, 2.75) is 25.8 Å². The zero-order valence-corrected chi connectivity index (χ0v) is 20.0. The molecule has 34 heavy (non-hydrogen) atoms. The number of Topliss-reactive ketones (excluding diaryl/α,β-unsaturated/α-hetero) is 1. The maximum atomic E-state index is 13.1. The third-order valence-electron chi connectivity index (χ3n) is 6.69. The van der Waals surface area contributed by atoms with E-state index in [4.69, 9.17) is 9.47 Å². The van der Waals surface area contributed by atoms with E-state index in [1.807, 2.05) is 42.5 Å². The third-order valence-corrected chi connectivity index (χ3v) is 6.69. The Bertz CT molecular complexity index is 1060. The molecule has 0 saturated carbocycles. The molecular formula is C26H31N3O5. The number of hydrogen-bond acceptors (Lipinski definition) is 7. The first-order chi connectivity index (χ1) is 16.4. The number of anilines is 1. The van der Waals surface area contributed by atoms with E-state index in [0.29, 0.717) is 43.1 Å². The number of nitrogens with zero attached hydrogens (tertiary/aromatic N) is 3. The van der Waals surface area contributed by atoms with Crippen molar-refractivity contribution >= 4 is 23.3 Å². The van der Waals surface area contributed by atoms with Gasteiger partial charge in [0, 0.05) is 44.0 Å². The Morgan fingerprint density at radius 1 is 0.941 bits per heavy atom. The van der Waals surface area contributed by atoms with Crippen LogP contribution in [0, 0.1) is 0 Å². The lowest BCUT2D eigenvalue weighted by Gasteiger charge is -2.38. The molecule has 2 aromatic carbocycles. The van der Waals surface area contributed by atoms with Crippen molar-refractivity contribution in [1.29, 1.82) is 0 Å². The number of piperazine rings is 1. The topological polar surface area (TPSA) is 79.4 Å². The first kappa shape index (κ1) is 23.8. The van der Waals surface area contributed by atoms with Gasteiger partial charge in [-0.1, -0.05) is 6.07 Å². The molecule has 2 fully saturated rings. The minimum absolute atomic E-state index is 0.0523. The molecule has 2 aliphatic rings. The first-order valence-corrected chi connectivity index (χ1v) is 11.6. The van der Waals surface area contributed by atoms with E-state index >= 15 is 0 Å². The molecule has 2 heterocycles. The number of methoxy groups -OCH3 is 2. The Kier molecular flexibility index (Phi) is 7.17. The molecule has 0 spiro atoms. The number of ketones is 1. The summed E-state index contributed by atoms with van der Waals surface area (Å²) in [5, 5.41) is 0. The van der Waals surface area contributed by atoms with Gasteiger partial charge in [0.05, 0.1) is 26.7 Å². The third kappa shape index (κ3) is 4.92. The van der Waals surface area contributed by atoms with Crippen molar-refractivity contribution < 1.29 is 23.9 Å². The quantitative estimate of drug-likeness (QED) is 0.438. The van der Waals surface area contributed by atoms with E-state index in [-0.39, 0.29) is 30.1 Å². The summed E-state index contributed by atoms with van der Waals surface area (Å²) in [6.45, 7) is 4.87. The highest BCUT2D eigenvalue weighted by molar-refractivity contribution is 6.05. The maximum absolute atomic E-state index is 13.1. The van der Waals surface area contributed by atoms with Crippen LogP contribution in [0.2, 0.25) is 0 Å². The second-order valence-corrected chi connectivity index (χ2v) is 8.67. The number of hydrogen-bond donors (Lipinski definition) is 0. The van der Waals surface area contributed by atoms with Crippen LogP contribution in [0.25, 0.3) is 0 Å². The Hall–Kier alpha value is -3.39. The highest BCUT2D eigenvalue weighted by atomic mass is 16.5. The second-order valence-electron chi connectivity index (χ2n) is 8.67. The SMILES string of the molecule is COc1ccc(CCN2C(=O)C[C@H](N3CCN(c4ccc(C(C)=O)cc4)CC3)C2=O)cc1OC. The summed E-state index contributed by atoms with van der Waals surface area (Å²) < 4.78 is 10.6. The lowest BCUT2D eigenvalue weighted by molar-refractivity contribution is -0.139. The zero-order valence-electron chi connectivity index (χ0n) is 20.0. The lowest BCUT2D eigenvalue weighted by atomic mass is 10.1. The minimum atomic E-state index is -0.389. The summed E-state index contributed by atoms with van der Waals surface area (Å²) in [5.41, 5.74) is 2.74. The van der Waals surface area contributed by atoms with Crippen LogP contribution in [0.3, 0.4) is 0 Å². The molecule has 2 saturated heterocycles. The van der Waals surface area contributed by atoms with Gasteiger partial charge >= 0.3 is 0 Å². The molecule has 180 valence electrons. The molecule has 0 bridgehead atoms. The van der Waals surface area contributed by atoms with Crippen molar-refractivity contribution in [2.24, 2.45) is 0 Å².